The molecule has 2 aliphatic heterocycles. The zero-order chi connectivity index (χ0) is 21.5. The average molecular weight is 413 g/mol. The number of imide groups is 1. The Morgan fingerprint density at radius 2 is 1.32 bits per heavy atom. The van der Waals surface area contributed by atoms with Gasteiger partial charge in [-0.25, -0.2) is 9.96 Å². The van der Waals surface area contributed by atoms with Crippen LogP contribution in [0.15, 0.2) is 84.9 Å². The van der Waals surface area contributed by atoms with Gasteiger partial charge in [0, 0.05) is 19.8 Å². The molecule has 3 atom stereocenters. The van der Waals surface area contributed by atoms with Crippen molar-refractivity contribution in [3.8, 4) is 0 Å². The van der Waals surface area contributed by atoms with Crippen LogP contribution < -0.4 is 14.9 Å². The fourth-order valence-electron chi connectivity index (χ4n) is 4.35. The van der Waals surface area contributed by atoms with Crippen LogP contribution in [0.2, 0.25) is 0 Å². The molecule has 2 fully saturated rings. The third-order valence-electron chi connectivity index (χ3n) is 5.89. The summed E-state index contributed by atoms with van der Waals surface area (Å²) in [4.78, 5) is 36.2. The predicted octanol–water partition coefficient (Wildman–Crippen LogP) is 3.80. The molecule has 3 aromatic carbocycles. The van der Waals surface area contributed by atoms with Gasteiger partial charge in [-0.1, -0.05) is 48.5 Å². The van der Waals surface area contributed by atoms with Crippen molar-refractivity contribution in [2.24, 2.45) is 5.92 Å². The van der Waals surface area contributed by atoms with Crippen LogP contribution >= 0.6 is 0 Å². The van der Waals surface area contributed by atoms with Crippen LogP contribution in [0.3, 0.4) is 0 Å². The quantitative estimate of drug-likeness (QED) is 0.609. The minimum Gasteiger partial charge on any atom is -0.378 e. The van der Waals surface area contributed by atoms with Gasteiger partial charge in [0.15, 0.2) is 6.10 Å². The van der Waals surface area contributed by atoms with Gasteiger partial charge in [0.2, 0.25) is 5.91 Å². The Balaban J connectivity index is 1.57. The predicted molar refractivity (Wildman–Crippen MR) is 120 cm³/mol. The van der Waals surface area contributed by atoms with Gasteiger partial charge < -0.3 is 4.90 Å². The number of hydroxylamine groups is 1. The Kier molecular flexibility index (Phi) is 4.71. The third-order valence-corrected chi connectivity index (χ3v) is 5.89. The molecule has 3 aromatic rings. The first kappa shape index (κ1) is 19.3. The van der Waals surface area contributed by atoms with Gasteiger partial charge in [-0.3, -0.25) is 14.4 Å². The summed E-state index contributed by atoms with van der Waals surface area (Å²) in [5.74, 6) is -1.19. The molecule has 0 radical (unpaired) electrons. The summed E-state index contributed by atoms with van der Waals surface area (Å²) in [7, 11) is 3.97. The molecule has 6 nitrogen and oxygen atoms in total. The van der Waals surface area contributed by atoms with Crippen LogP contribution in [0, 0.1) is 5.92 Å². The number of hydrogen-bond acceptors (Lipinski definition) is 5. The van der Waals surface area contributed by atoms with E-state index in [1.54, 1.807) is 17.2 Å². The van der Waals surface area contributed by atoms with E-state index in [9.17, 15) is 9.59 Å². The van der Waals surface area contributed by atoms with Crippen LogP contribution in [0.4, 0.5) is 17.1 Å². The zero-order valence-corrected chi connectivity index (χ0v) is 17.4. The summed E-state index contributed by atoms with van der Waals surface area (Å²) in [5, 5.41) is 1.72. The van der Waals surface area contributed by atoms with Crippen molar-refractivity contribution in [2.75, 3.05) is 29.0 Å². The van der Waals surface area contributed by atoms with E-state index in [1.807, 2.05) is 91.8 Å². The minimum atomic E-state index is -0.855. The number of nitrogens with zero attached hydrogens (tertiary/aromatic N) is 3. The molecule has 31 heavy (non-hydrogen) atoms. The van der Waals surface area contributed by atoms with E-state index in [4.69, 9.17) is 4.84 Å². The largest absolute Gasteiger partial charge is 0.378 e. The molecule has 0 spiro atoms. The topological polar surface area (TPSA) is 53.1 Å². The van der Waals surface area contributed by atoms with Crippen molar-refractivity contribution in [1.29, 1.82) is 0 Å². The lowest BCUT2D eigenvalue weighted by molar-refractivity contribution is -0.126. The van der Waals surface area contributed by atoms with Gasteiger partial charge in [-0.15, -0.1) is 0 Å². The number of rotatable bonds is 4. The Labute approximate surface area is 181 Å². The maximum atomic E-state index is 13.5. The van der Waals surface area contributed by atoms with Crippen molar-refractivity contribution in [3.63, 3.8) is 0 Å². The van der Waals surface area contributed by atoms with E-state index in [-0.39, 0.29) is 11.8 Å². The molecule has 2 heterocycles. The van der Waals surface area contributed by atoms with Gasteiger partial charge in [0.05, 0.1) is 17.4 Å². The van der Waals surface area contributed by atoms with Crippen LogP contribution in [-0.2, 0) is 14.4 Å². The highest BCUT2D eigenvalue weighted by atomic mass is 16.7. The van der Waals surface area contributed by atoms with E-state index in [1.165, 1.54) is 4.90 Å². The molecule has 2 amide bonds. The van der Waals surface area contributed by atoms with E-state index >= 15 is 0 Å². The van der Waals surface area contributed by atoms with Crippen LogP contribution in [-0.4, -0.2) is 32.0 Å². The maximum Gasteiger partial charge on any atom is 0.266 e. The molecule has 0 bridgehead atoms. The fourth-order valence-corrected chi connectivity index (χ4v) is 4.35. The molecule has 2 saturated heterocycles. The van der Waals surface area contributed by atoms with Crippen molar-refractivity contribution in [2.45, 2.75) is 12.1 Å². The minimum absolute atomic E-state index is 0.235. The molecule has 5 rings (SSSR count). The second-order valence-corrected chi connectivity index (χ2v) is 7.99. The summed E-state index contributed by atoms with van der Waals surface area (Å²) in [6, 6.07) is 26.3. The molecule has 0 N–H and O–H groups in total. The second-order valence-electron chi connectivity index (χ2n) is 7.99. The van der Waals surface area contributed by atoms with E-state index < -0.39 is 18.1 Å². The van der Waals surface area contributed by atoms with Crippen molar-refractivity contribution in [1.82, 2.24) is 0 Å². The Bertz CT molecular complexity index is 1100. The standard InChI is InChI=1S/C25H23N3O3/c1-26(2)18-15-13-17(14-16-18)22-21-23(31-28(22)20-11-7-4-8-12-20)25(30)27(24(21)29)19-9-5-3-6-10-19/h3-16,21-23H,1-2H3. The maximum absolute atomic E-state index is 13.5. The van der Waals surface area contributed by atoms with Crippen molar-refractivity contribution < 1.29 is 14.4 Å². The monoisotopic (exact) mass is 413 g/mol. The summed E-state index contributed by atoms with van der Waals surface area (Å²) in [6.07, 6.45) is -0.855. The molecule has 0 saturated carbocycles. The Morgan fingerprint density at radius 1 is 0.742 bits per heavy atom. The normalized spacial score (nSPS) is 22.7. The number of carbonyl (C=O) groups excluding carboxylic acids is 2. The van der Waals surface area contributed by atoms with Crippen LogP contribution in [0.5, 0.6) is 0 Å². The second kappa shape index (κ2) is 7.56. The SMILES string of the molecule is CN(C)c1ccc(C2C3C(=O)N(c4ccccc4)C(=O)C3ON2c2ccccc2)cc1. The highest BCUT2D eigenvalue weighted by Gasteiger charge is 2.60. The number of hydrogen-bond donors (Lipinski definition) is 0. The summed E-state index contributed by atoms with van der Waals surface area (Å²) in [5.41, 5.74) is 3.37. The van der Waals surface area contributed by atoms with E-state index in [2.05, 4.69) is 0 Å². The summed E-state index contributed by atoms with van der Waals surface area (Å²) >= 11 is 0. The van der Waals surface area contributed by atoms with Gasteiger partial charge in [0.25, 0.3) is 5.91 Å². The Morgan fingerprint density at radius 3 is 1.90 bits per heavy atom. The Hall–Kier alpha value is -3.64. The number of amides is 2. The number of benzene rings is 3. The third kappa shape index (κ3) is 3.16. The fraction of sp³-hybridized carbons (Fsp3) is 0.200. The van der Waals surface area contributed by atoms with Crippen molar-refractivity contribution >= 4 is 28.9 Å². The van der Waals surface area contributed by atoms with E-state index in [0.717, 1.165) is 16.9 Å². The summed E-state index contributed by atoms with van der Waals surface area (Å²) < 4.78 is 0. The zero-order valence-electron chi connectivity index (χ0n) is 17.4. The lowest BCUT2D eigenvalue weighted by Crippen LogP contribution is -2.37. The van der Waals surface area contributed by atoms with Gasteiger partial charge in [0.1, 0.15) is 5.92 Å². The van der Waals surface area contributed by atoms with Crippen molar-refractivity contribution in [3.05, 3.63) is 90.5 Å². The van der Waals surface area contributed by atoms with E-state index in [0.29, 0.717) is 5.69 Å². The molecule has 156 valence electrons. The first-order valence-corrected chi connectivity index (χ1v) is 10.3. The lowest BCUT2D eigenvalue weighted by atomic mass is 9.90. The van der Waals surface area contributed by atoms with Crippen LogP contribution in [0.25, 0.3) is 0 Å². The number of fused-ring (bicyclic) bond motifs is 1. The highest BCUT2D eigenvalue weighted by Crippen LogP contribution is 2.47. The summed E-state index contributed by atoms with van der Waals surface area (Å²) in [6.45, 7) is 0. The molecule has 2 aliphatic rings. The molecule has 0 aliphatic carbocycles. The molecular formula is C25H23N3O3. The molecule has 6 heteroatoms. The number of anilines is 3. The van der Waals surface area contributed by atoms with Gasteiger partial charge in [-0.05, 0) is 42.0 Å². The number of carbonyl (C=O) groups is 2. The average Bonchev–Trinajstić information content (AvgIpc) is 3.31. The first-order chi connectivity index (χ1) is 15.1. The number of para-hydroxylation sites is 2. The first-order valence-electron chi connectivity index (χ1n) is 10.3. The smallest absolute Gasteiger partial charge is 0.266 e. The molecular weight excluding hydrogens is 390 g/mol. The van der Waals surface area contributed by atoms with Crippen LogP contribution in [0.1, 0.15) is 11.6 Å². The van der Waals surface area contributed by atoms with Gasteiger partial charge in [-0.2, -0.15) is 0 Å². The molecule has 3 unspecified atom stereocenters. The van der Waals surface area contributed by atoms with Gasteiger partial charge >= 0.3 is 0 Å². The lowest BCUT2D eigenvalue weighted by Gasteiger charge is -2.29. The highest BCUT2D eigenvalue weighted by molar-refractivity contribution is 6.23. The molecule has 0 aromatic heterocycles.